The second-order valence-corrected chi connectivity index (χ2v) is 6.44. The lowest BCUT2D eigenvalue weighted by Crippen LogP contribution is -2.35. The maximum Gasteiger partial charge on any atom is 0.242 e. The zero-order valence-corrected chi connectivity index (χ0v) is 16.1. The van der Waals surface area contributed by atoms with Crippen LogP contribution < -0.4 is 5.32 Å². The molecule has 0 bridgehead atoms. The number of benzene rings is 1. The average Bonchev–Trinajstić information content (AvgIpc) is 2.99. The number of nitrogens with one attached hydrogen (secondary N) is 1. The Morgan fingerprint density at radius 2 is 1.81 bits per heavy atom. The summed E-state index contributed by atoms with van der Waals surface area (Å²) in [6.07, 6.45) is 2.98. The van der Waals surface area contributed by atoms with E-state index < -0.39 is 0 Å². The van der Waals surface area contributed by atoms with Gasteiger partial charge in [0.05, 0.1) is 11.0 Å². The zero-order chi connectivity index (χ0) is 18.9. The Labute approximate surface area is 155 Å². The van der Waals surface area contributed by atoms with Crippen molar-refractivity contribution in [3.63, 3.8) is 0 Å². The van der Waals surface area contributed by atoms with E-state index in [0.29, 0.717) is 19.4 Å². The lowest BCUT2D eigenvalue weighted by molar-refractivity contribution is -0.132. The minimum atomic E-state index is 0.0285. The van der Waals surface area contributed by atoms with Gasteiger partial charge in [-0.1, -0.05) is 32.9 Å². The van der Waals surface area contributed by atoms with Crippen molar-refractivity contribution in [2.24, 2.45) is 0 Å². The molecule has 0 atom stereocenters. The molecule has 0 saturated heterocycles. The first-order valence-electron chi connectivity index (χ1n) is 9.59. The summed E-state index contributed by atoms with van der Waals surface area (Å²) in [5.74, 6) is 0.986. The molecule has 2 amide bonds. The normalized spacial score (nSPS) is 10.9. The molecule has 0 aliphatic carbocycles. The van der Waals surface area contributed by atoms with Gasteiger partial charge in [-0.05, 0) is 25.0 Å². The molecule has 6 nitrogen and oxygen atoms in total. The van der Waals surface area contributed by atoms with Crippen molar-refractivity contribution in [3.05, 3.63) is 30.1 Å². The van der Waals surface area contributed by atoms with Gasteiger partial charge in [-0.2, -0.15) is 0 Å². The van der Waals surface area contributed by atoms with E-state index in [9.17, 15) is 9.59 Å². The van der Waals surface area contributed by atoms with Crippen molar-refractivity contribution < 1.29 is 9.59 Å². The summed E-state index contributed by atoms with van der Waals surface area (Å²) in [5, 5.41) is 2.88. The molecule has 0 fully saturated rings. The summed E-state index contributed by atoms with van der Waals surface area (Å²) >= 11 is 0. The van der Waals surface area contributed by atoms with Crippen LogP contribution in [0.25, 0.3) is 11.0 Å². The molecule has 0 aliphatic heterocycles. The molecule has 0 unspecified atom stereocenters. The summed E-state index contributed by atoms with van der Waals surface area (Å²) in [6.45, 7) is 8.38. The maximum absolute atomic E-state index is 12.8. The first-order chi connectivity index (χ1) is 12.6. The number of hydrogen-bond acceptors (Lipinski definition) is 3. The molecule has 0 radical (unpaired) electrons. The second-order valence-electron chi connectivity index (χ2n) is 6.44. The van der Waals surface area contributed by atoms with Crippen LogP contribution >= 0.6 is 0 Å². The van der Waals surface area contributed by atoms with Crippen LogP contribution in [0.15, 0.2) is 24.3 Å². The summed E-state index contributed by atoms with van der Waals surface area (Å²) in [6, 6.07) is 7.86. The van der Waals surface area contributed by atoms with E-state index in [1.807, 2.05) is 40.7 Å². The van der Waals surface area contributed by atoms with Crippen LogP contribution in [0.2, 0.25) is 0 Å². The predicted molar refractivity (Wildman–Crippen MR) is 104 cm³/mol. The third kappa shape index (κ3) is 5.07. The SMILES string of the molecule is CCCN(CCC)C(=O)Cn1c(CCNC(=O)CC)nc2ccccc21. The molecule has 26 heavy (non-hydrogen) atoms. The van der Waals surface area contributed by atoms with Gasteiger partial charge < -0.3 is 14.8 Å². The minimum Gasteiger partial charge on any atom is -0.356 e. The maximum atomic E-state index is 12.8. The van der Waals surface area contributed by atoms with Gasteiger partial charge in [0.2, 0.25) is 11.8 Å². The van der Waals surface area contributed by atoms with Crippen molar-refractivity contribution >= 4 is 22.8 Å². The standard InChI is InChI=1S/C20H30N4O2/c1-4-13-23(14-5-2)20(26)15-24-17-10-8-7-9-16(17)22-18(24)11-12-21-19(25)6-3/h7-10H,4-6,11-15H2,1-3H3,(H,21,25). The highest BCUT2D eigenvalue weighted by Gasteiger charge is 2.17. The number of carbonyl (C=O) groups excluding carboxylic acids is 2. The summed E-state index contributed by atoms with van der Waals surface area (Å²) < 4.78 is 1.99. The van der Waals surface area contributed by atoms with Crippen LogP contribution in [0.3, 0.4) is 0 Å². The van der Waals surface area contributed by atoms with Crippen LogP contribution in [0, 0.1) is 0 Å². The van der Waals surface area contributed by atoms with Gasteiger partial charge in [0.25, 0.3) is 0 Å². The third-order valence-corrected chi connectivity index (χ3v) is 4.36. The number of imidazole rings is 1. The second kappa shape index (κ2) is 9.94. The molecule has 1 aromatic heterocycles. The molecule has 1 N–H and O–H groups in total. The number of fused-ring (bicyclic) bond motifs is 1. The van der Waals surface area contributed by atoms with E-state index in [1.54, 1.807) is 0 Å². The summed E-state index contributed by atoms with van der Waals surface area (Å²) in [4.78, 5) is 30.9. The van der Waals surface area contributed by atoms with Crippen LogP contribution in [0.5, 0.6) is 0 Å². The monoisotopic (exact) mass is 358 g/mol. The molecule has 142 valence electrons. The van der Waals surface area contributed by atoms with Gasteiger partial charge in [-0.25, -0.2) is 4.98 Å². The average molecular weight is 358 g/mol. The molecular formula is C20H30N4O2. The van der Waals surface area contributed by atoms with Gasteiger partial charge in [-0.3, -0.25) is 9.59 Å². The quantitative estimate of drug-likeness (QED) is 0.710. The highest BCUT2D eigenvalue weighted by atomic mass is 16.2. The van der Waals surface area contributed by atoms with E-state index in [0.717, 1.165) is 42.8 Å². The van der Waals surface area contributed by atoms with Crippen molar-refractivity contribution in [2.45, 2.75) is 53.0 Å². The van der Waals surface area contributed by atoms with Crippen molar-refractivity contribution in [3.8, 4) is 0 Å². The van der Waals surface area contributed by atoms with Gasteiger partial charge in [0.15, 0.2) is 0 Å². The highest BCUT2D eigenvalue weighted by molar-refractivity contribution is 5.81. The molecule has 2 rings (SSSR count). The fourth-order valence-electron chi connectivity index (χ4n) is 3.07. The number of amides is 2. The Hall–Kier alpha value is -2.37. The van der Waals surface area contributed by atoms with Gasteiger partial charge in [0.1, 0.15) is 12.4 Å². The number of hydrogen-bond donors (Lipinski definition) is 1. The topological polar surface area (TPSA) is 67.2 Å². The molecule has 0 spiro atoms. The number of para-hydroxylation sites is 2. The third-order valence-electron chi connectivity index (χ3n) is 4.36. The Bertz CT molecular complexity index is 732. The molecule has 0 saturated carbocycles. The van der Waals surface area contributed by atoms with Crippen LogP contribution in [0.1, 0.15) is 45.9 Å². The van der Waals surface area contributed by atoms with E-state index in [2.05, 4.69) is 24.1 Å². The number of rotatable bonds is 10. The highest BCUT2D eigenvalue weighted by Crippen LogP contribution is 2.17. The van der Waals surface area contributed by atoms with Crippen molar-refractivity contribution in [1.82, 2.24) is 19.8 Å². The lowest BCUT2D eigenvalue weighted by Gasteiger charge is -2.22. The Morgan fingerprint density at radius 3 is 2.46 bits per heavy atom. The number of nitrogens with zero attached hydrogens (tertiary/aromatic N) is 3. The van der Waals surface area contributed by atoms with E-state index in [4.69, 9.17) is 0 Å². The zero-order valence-electron chi connectivity index (χ0n) is 16.1. The van der Waals surface area contributed by atoms with Gasteiger partial charge in [0, 0.05) is 32.5 Å². The Kier molecular flexibility index (Phi) is 7.63. The fourth-order valence-corrected chi connectivity index (χ4v) is 3.07. The largest absolute Gasteiger partial charge is 0.356 e. The van der Waals surface area contributed by atoms with Crippen molar-refractivity contribution in [2.75, 3.05) is 19.6 Å². The Morgan fingerprint density at radius 1 is 1.12 bits per heavy atom. The Balaban J connectivity index is 2.21. The summed E-state index contributed by atoms with van der Waals surface area (Å²) in [7, 11) is 0. The smallest absolute Gasteiger partial charge is 0.242 e. The molecule has 6 heteroatoms. The number of aromatic nitrogens is 2. The van der Waals surface area contributed by atoms with E-state index in [-0.39, 0.29) is 18.4 Å². The summed E-state index contributed by atoms with van der Waals surface area (Å²) in [5.41, 5.74) is 1.85. The lowest BCUT2D eigenvalue weighted by atomic mass is 10.3. The van der Waals surface area contributed by atoms with Crippen LogP contribution in [-0.4, -0.2) is 45.9 Å². The van der Waals surface area contributed by atoms with Crippen molar-refractivity contribution in [1.29, 1.82) is 0 Å². The molecular weight excluding hydrogens is 328 g/mol. The first-order valence-corrected chi connectivity index (χ1v) is 9.59. The first kappa shape index (κ1) is 19.9. The van der Waals surface area contributed by atoms with Crippen LogP contribution in [-0.2, 0) is 22.6 Å². The van der Waals surface area contributed by atoms with Crippen LogP contribution in [0.4, 0.5) is 0 Å². The number of carbonyl (C=O) groups is 2. The minimum absolute atomic E-state index is 0.0285. The molecule has 1 heterocycles. The molecule has 1 aromatic carbocycles. The van der Waals surface area contributed by atoms with Gasteiger partial charge in [-0.15, -0.1) is 0 Å². The van der Waals surface area contributed by atoms with E-state index in [1.165, 1.54) is 0 Å². The van der Waals surface area contributed by atoms with Gasteiger partial charge >= 0.3 is 0 Å². The fraction of sp³-hybridized carbons (Fsp3) is 0.550. The molecule has 0 aliphatic rings. The molecule has 2 aromatic rings. The predicted octanol–water partition coefficient (Wildman–Crippen LogP) is 2.75. The van der Waals surface area contributed by atoms with E-state index >= 15 is 0 Å².